The Balaban J connectivity index is 2.04. The summed E-state index contributed by atoms with van der Waals surface area (Å²) in [5, 5.41) is 12.8. The van der Waals surface area contributed by atoms with Gasteiger partial charge in [-0.3, -0.25) is 9.59 Å². The van der Waals surface area contributed by atoms with Gasteiger partial charge in [-0.15, -0.1) is 0 Å². The number of benzene rings is 1. The maximum Gasteiger partial charge on any atom is 0.311 e. The van der Waals surface area contributed by atoms with Crippen LogP contribution in [-0.4, -0.2) is 23.5 Å². The maximum absolute atomic E-state index is 12.3. The van der Waals surface area contributed by atoms with Gasteiger partial charge in [0.25, 0.3) is 5.91 Å². The smallest absolute Gasteiger partial charge is 0.311 e. The predicted molar refractivity (Wildman–Crippen MR) is 102 cm³/mol. The molecular weight excluding hydrogens is 344 g/mol. The van der Waals surface area contributed by atoms with Gasteiger partial charge in [0, 0.05) is 10.9 Å². The molecular formula is C21H26N2O4. The number of rotatable bonds is 6. The van der Waals surface area contributed by atoms with Gasteiger partial charge in [-0.05, 0) is 56.9 Å². The van der Waals surface area contributed by atoms with Gasteiger partial charge in [0.15, 0.2) is 6.10 Å². The zero-order valence-electron chi connectivity index (χ0n) is 16.7. The SMILES string of the molecule is Cc1cc2occ(CC(=O)O[C@@H](C)C(=O)N[C@](C)(C#N)C(C)C)c2cc1C. The van der Waals surface area contributed by atoms with Gasteiger partial charge in [0.2, 0.25) is 0 Å². The highest BCUT2D eigenvalue weighted by Gasteiger charge is 2.32. The minimum atomic E-state index is -1.02. The molecule has 0 aliphatic rings. The van der Waals surface area contributed by atoms with E-state index in [1.165, 1.54) is 6.92 Å². The lowest BCUT2D eigenvalue weighted by molar-refractivity contribution is -0.154. The average molecular weight is 370 g/mol. The number of carbonyl (C=O) groups is 2. The van der Waals surface area contributed by atoms with Gasteiger partial charge in [0.1, 0.15) is 11.1 Å². The minimum Gasteiger partial charge on any atom is -0.464 e. The van der Waals surface area contributed by atoms with Gasteiger partial charge >= 0.3 is 5.97 Å². The molecule has 0 fully saturated rings. The van der Waals surface area contributed by atoms with Crippen molar-refractivity contribution in [3.63, 3.8) is 0 Å². The summed E-state index contributed by atoms with van der Waals surface area (Å²) < 4.78 is 10.8. The van der Waals surface area contributed by atoms with Gasteiger partial charge in [-0.2, -0.15) is 5.26 Å². The predicted octanol–water partition coefficient (Wildman–Crippen LogP) is 3.58. The number of esters is 1. The summed E-state index contributed by atoms with van der Waals surface area (Å²) in [5.41, 5.74) is 2.63. The molecule has 0 radical (unpaired) electrons. The molecule has 1 aromatic heterocycles. The Labute approximate surface area is 159 Å². The van der Waals surface area contributed by atoms with E-state index in [4.69, 9.17) is 9.15 Å². The first-order valence-corrected chi connectivity index (χ1v) is 8.97. The molecule has 1 amide bonds. The van der Waals surface area contributed by atoms with Gasteiger partial charge in [-0.1, -0.05) is 13.8 Å². The Bertz CT molecular complexity index is 907. The molecule has 0 saturated carbocycles. The monoisotopic (exact) mass is 370 g/mol. The molecule has 0 unspecified atom stereocenters. The van der Waals surface area contributed by atoms with E-state index in [9.17, 15) is 14.9 Å². The van der Waals surface area contributed by atoms with Crippen LogP contribution >= 0.6 is 0 Å². The number of hydrogen-bond acceptors (Lipinski definition) is 5. The fourth-order valence-corrected chi connectivity index (χ4v) is 2.58. The number of nitrogens with one attached hydrogen (secondary N) is 1. The molecule has 0 aliphatic heterocycles. The summed E-state index contributed by atoms with van der Waals surface area (Å²) in [5.74, 6) is -1.11. The Hall–Kier alpha value is -2.81. The molecule has 2 rings (SSSR count). The largest absolute Gasteiger partial charge is 0.464 e. The Kier molecular flexibility index (Phi) is 5.94. The van der Waals surface area contributed by atoms with E-state index in [0.717, 1.165) is 22.1 Å². The van der Waals surface area contributed by atoms with Crippen LogP contribution in [0.4, 0.5) is 0 Å². The summed E-state index contributed by atoms with van der Waals surface area (Å²) in [7, 11) is 0. The van der Waals surface area contributed by atoms with Crippen LogP contribution in [0.25, 0.3) is 11.0 Å². The second-order valence-corrected chi connectivity index (χ2v) is 7.46. The molecule has 6 nitrogen and oxygen atoms in total. The number of nitrogens with zero attached hydrogens (tertiary/aromatic N) is 1. The molecule has 2 aromatic rings. The number of ether oxygens (including phenoxy) is 1. The molecule has 27 heavy (non-hydrogen) atoms. The summed E-state index contributed by atoms with van der Waals surface area (Å²) in [4.78, 5) is 24.6. The quantitative estimate of drug-likeness (QED) is 0.785. The van der Waals surface area contributed by atoms with E-state index < -0.39 is 23.5 Å². The van der Waals surface area contributed by atoms with Crippen molar-refractivity contribution in [2.24, 2.45) is 5.92 Å². The molecule has 0 bridgehead atoms. The third-order valence-corrected chi connectivity index (χ3v) is 5.05. The van der Waals surface area contributed by atoms with E-state index >= 15 is 0 Å². The third-order valence-electron chi connectivity index (χ3n) is 5.05. The van der Waals surface area contributed by atoms with Crippen LogP contribution in [0, 0.1) is 31.1 Å². The maximum atomic E-state index is 12.3. The van der Waals surface area contributed by atoms with Crippen LogP contribution in [-0.2, 0) is 20.7 Å². The lowest BCUT2D eigenvalue weighted by Crippen LogP contribution is -2.52. The Morgan fingerprint density at radius 1 is 1.26 bits per heavy atom. The van der Waals surface area contributed by atoms with E-state index in [2.05, 4.69) is 11.4 Å². The first kappa shape index (κ1) is 20.5. The van der Waals surface area contributed by atoms with Crippen LogP contribution in [0.5, 0.6) is 0 Å². The van der Waals surface area contributed by atoms with E-state index in [1.54, 1.807) is 13.2 Å². The lowest BCUT2D eigenvalue weighted by Gasteiger charge is -2.28. The van der Waals surface area contributed by atoms with Crippen LogP contribution in [0.3, 0.4) is 0 Å². The molecule has 2 atom stereocenters. The molecule has 1 heterocycles. The summed E-state index contributed by atoms with van der Waals surface area (Å²) in [6.07, 6.45) is 0.555. The van der Waals surface area contributed by atoms with Crippen LogP contribution < -0.4 is 5.32 Å². The average Bonchev–Trinajstić information content (AvgIpc) is 2.96. The highest BCUT2D eigenvalue weighted by Crippen LogP contribution is 2.25. The molecule has 144 valence electrons. The fraction of sp³-hybridized carbons (Fsp3) is 0.476. The highest BCUT2D eigenvalue weighted by atomic mass is 16.5. The summed E-state index contributed by atoms with van der Waals surface area (Å²) in [6, 6.07) is 6.01. The van der Waals surface area contributed by atoms with Gasteiger partial charge in [0.05, 0.1) is 18.8 Å². The number of nitriles is 1. The number of aryl methyl sites for hydroxylation is 2. The number of carbonyl (C=O) groups excluding carboxylic acids is 2. The van der Waals surface area contributed by atoms with Crippen molar-refractivity contribution in [1.29, 1.82) is 5.26 Å². The molecule has 0 aliphatic carbocycles. The highest BCUT2D eigenvalue weighted by molar-refractivity contribution is 5.88. The molecule has 0 saturated heterocycles. The van der Waals surface area contributed by atoms with Crippen molar-refractivity contribution in [3.05, 3.63) is 35.1 Å². The van der Waals surface area contributed by atoms with E-state index in [-0.39, 0.29) is 12.3 Å². The Morgan fingerprint density at radius 3 is 2.48 bits per heavy atom. The zero-order chi connectivity index (χ0) is 20.4. The van der Waals surface area contributed by atoms with E-state index in [0.29, 0.717) is 5.58 Å². The van der Waals surface area contributed by atoms with E-state index in [1.807, 2.05) is 39.8 Å². The summed E-state index contributed by atoms with van der Waals surface area (Å²) in [6.45, 7) is 10.8. The minimum absolute atomic E-state index is 0.00677. The van der Waals surface area contributed by atoms with Crippen LogP contribution in [0.2, 0.25) is 0 Å². The Morgan fingerprint density at radius 2 is 1.89 bits per heavy atom. The second kappa shape index (κ2) is 7.83. The van der Waals surface area contributed by atoms with Gasteiger partial charge in [-0.25, -0.2) is 0 Å². The standard InChI is InChI=1S/C21H26N2O4/c1-12(2)21(6,11-22)23-20(25)15(5)27-19(24)9-16-10-26-18-8-14(4)13(3)7-17(16)18/h7-8,10,12,15H,9H2,1-6H3,(H,23,25)/t15-,21+/m0/s1. The molecule has 1 aromatic carbocycles. The lowest BCUT2D eigenvalue weighted by atomic mass is 9.90. The molecule has 1 N–H and O–H groups in total. The van der Waals surface area contributed by atoms with Crippen molar-refractivity contribution >= 4 is 22.8 Å². The zero-order valence-corrected chi connectivity index (χ0v) is 16.7. The first-order chi connectivity index (χ1) is 12.6. The van der Waals surface area contributed by atoms with Crippen molar-refractivity contribution in [2.75, 3.05) is 0 Å². The van der Waals surface area contributed by atoms with Crippen molar-refractivity contribution in [1.82, 2.24) is 5.32 Å². The summed E-state index contributed by atoms with van der Waals surface area (Å²) >= 11 is 0. The van der Waals surface area contributed by atoms with Crippen molar-refractivity contribution < 1.29 is 18.7 Å². The van der Waals surface area contributed by atoms with Crippen molar-refractivity contribution in [2.45, 2.75) is 59.6 Å². The normalized spacial score (nSPS) is 14.4. The number of furan rings is 1. The first-order valence-electron chi connectivity index (χ1n) is 8.97. The molecule has 0 spiro atoms. The number of amides is 1. The van der Waals surface area contributed by atoms with Crippen LogP contribution in [0.1, 0.15) is 44.4 Å². The van der Waals surface area contributed by atoms with Gasteiger partial charge < -0.3 is 14.5 Å². The number of hydrogen-bond donors (Lipinski definition) is 1. The fourth-order valence-electron chi connectivity index (χ4n) is 2.58. The third kappa shape index (κ3) is 4.48. The number of fused-ring (bicyclic) bond motifs is 1. The topological polar surface area (TPSA) is 92.3 Å². The molecule has 6 heteroatoms. The van der Waals surface area contributed by atoms with Crippen LogP contribution in [0.15, 0.2) is 22.8 Å². The second-order valence-electron chi connectivity index (χ2n) is 7.46. The van der Waals surface area contributed by atoms with Crippen molar-refractivity contribution in [3.8, 4) is 6.07 Å².